The second kappa shape index (κ2) is 7.99. The molecule has 0 radical (unpaired) electrons. The molecule has 1 fully saturated rings. The Morgan fingerprint density at radius 2 is 0.969 bits per heavy atom. The molecule has 0 aromatic carbocycles. The molecule has 0 saturated heterocycles. The number of halogens is 16. The van der Waals surface area contributed by atoms with E-state index >= 15 is 0 Å². The van der Waals surface area contributed by atoms with Gasteiger partial charge in [-0.2, -0.15) is 61.5 Å². The average molecular weight is 513 g/mol. The van der Waals surface area contributed by atoms with Crippen LogP contribution < -0.4 is 5.32 Å². The first kappa shape index (κ1) is 28.4. The first-order valence-electron chi connectivity index (χ1n) is 8.18. The zero-order chi connectivity index (χ0) is 25.8. The second-order valence-corrected chi connectivity index (χ2v) is 6.82. The van der Waals surface area contributed by atoms with Crippen molar-refractivity contribution in [1.29, 1.82) is 0 Å². The van der Waals surface area contributed by atoms with E-state index in [9.17, 15) is 75.0 Å². The lowest BCUT2D eigenvalue weighted by molar-refractivity contribution is -0.443. The van der Waals surface area contributed by atoms with Gasteiger partial charge >= 0.3 is 47.9 Å². The third-order valence-corrected chi connectivity index (χ3v) is 4.64. The fourth-order valence-electron chi connectivity index (χ4n) is 2.62. The average Bonchev–Trinajstić information content (AvgIpc) is 3.13. The van der Waals surface area contributed by atoms with E-state index in [-0.39, 0.29) is 25.7 Å². The number of alkyl halides is 16. The highest BCUT2D eigenvalue weighted by molar-refractivity contribution is 5.85. The Balaban J connectivity index is 3.46. The minimum atomic E-state index is -8.50. The number of amides is 1. The largest absolute Gasteiger partial charge is 0.392 e. The van der Waals surface area contributed by atoms with Gasteiger partial charge in [0.25, 0.3) is 5.91 Å². The zero-order valence-corrected chi connectivity index (χ0v) is 14.9. The van der Waals surface area contributed by atoms with Crippen LogP contribution in [0.15, 0.2) is 0 Å². The molecule has 0 spiro atoms. The van der Waals surface area contributed by atoms with Crippen molar-refractivity contribution in [2.24, 2.45) is 0 Å². The van der Waals surface area contributed by atoms with Crippen molar-refractivity contribution < 1.29 is 75.0 Å². The zero-order valence-electron chi connectivity index (χ0n) is 14.9. The Labute approximate surface area is 167 Å². The number of rotatable bonds is 9. The molecule has 1 amide bonds. The number of carbonyl (C=O) groups is 1. The number of carbonyl (C=O) groups excluding carboxylic acids is 1. The molecule has 2 nitrogen and oxygen atoms in total. The lowest BCUT2D eigenvalue weighted by atomic mass is 9.89. The summed E-state index contributed by atoms with van der Waals surface area (Å²) in [7, 11) is 0. The van der Waals surface area contributed by atoms with Crippen LogP contribution in [-0.2, 0) is 4.79 Å². The minimum absolute atomic E-state index is 0.160. The van der Waals surface area contributed by atoms with Crippen LogP contribution in [-0.4, -0.2) is 59.8 Å². The van der Waals surface area contributed by atoms with Gasteiger partial charge in [0.05, 0.1) is 0 Å². The highest BCUT2D eigenvalue weighted by Crippen LogP contribution is 2.62. The summed E-state index contributed by atoms with van der Waals surface area (Å²) in [6, 6.07) is -1.34. The van der Waals surface area contributed by atoms with Crippen LogP contribution in [0.3, 0.4) is 0 Å². The van der Waals surface area contributed by atoms with Crippen molar-refractivity contribution in [3.63, 3.8) is 0 Å². The molecule has 0 aliphatic heterocycles. The van der Waals surface area contributed by atoms with Crippen molar-refractivity contribution in [2.75, 3.05) is 0 Å². The van der Waals surface area contributed by atoms with E-state index in [2.05, 4.69) is 0 Å². The second-order valence-electron chi connectivity index (χ2n) is 6.82. The molecule has 0 unspecified atom stereocenters. The van der Waals surface area contributed by atoms with Crippen LogP contribution in [0, 0.1) is 0 Å². The summed E-state index contributed by atoms with van der Waals surface area (Å²) in [4.78, 5) is 11.3. The summed E-state index contributed by atoms with van der Waals surface area (Å²) in [6.07, 6.45) is -5.77. The molecule has 1 aliphatic carbocycles. The van der Waals surface area contributed by atoms with Gasteiger partial charge in [-0.1, -0.05) is 12.8 Å². The summed E-state index contributed by atoms with van der Waals surface area (Å²) >= 11 is 0. The lowest BCUT2D eigenvalue weighted by Gasteiger charge is -2.42. The topological polar surface area (TPSA) is 29.1 Å². The predicted octanol–water partition coefficient (Wildman–Crippen LogP) is 5.76. The van der Waals surface area contributed by atoms with Gasteiger partial charge in [-0.3, -0.25) is 4.79 Å². The third kappa shape index (κ3) is 3.74. The summed E-state index contributed by atoms with van der Waals surface area (Å²) in [5.41, 5.74) is 0. The van der Waals surface area contributed by atoms with Crippen molar-refractivity contribution in [3.8, 4) is 0 Å². The fraction of sp³-hybridized carbons (Fsp3) is 0.929. The quantitative estimate of drug-likeness (QED) is 0.391. The molecular formula is C14H11F16NO. The summed E-state index contributed by atoms with van der Waals surface area (Å²) in [6.45, 7) is 0. The molecule has 1 N–H and O–H groups in total. The van der Waals surface area contributed by atoms with E-state index in [0.717, 1.165) is 5.32 Å². The molecule has 1 rings (SSSR count). The Hall–Kier alpha value is -1.65. The van der Waals surface area contributed by atoms with Crippen LogP contribution in [0.1, 0.15) is 25.7 Å². The van der Waals surface area contributed by atoms with Crippen LogP contribution in [0.5, 0.6) is 0 Å². The van der Waals surface area contributed by atoms with Crippen LogP contribution in [0.4, 0.5) is 70.2 Å². The Kier molecular flexibility index (Phi) is 7.08. The Morgan fingerprint density at radius 3 is 1.34 bits per heavy atom. The Bertz CT molecular complexity index is 697. The van der Waals surface area contributed by atoms with Gasteiger partial charge in [0.2, 0.25) is 0 Å². The molecule has 1 aliphatic rings. The molecule has 32 heavy (non-hydrogen) atoms. The number of hydrogen-bond acceptors (Lipinski definition) is 1. The van der Waals surface area contributed by atoms with Crippen molar-refractivity contribution >= 4 is 5.91 Å². The lowest BCUT2D eigenvalue weighted by Crippen LogP contribution is -2.75. The molecule has 190 valence electrons. The van der Waals surface area contributed by atoms with E-state index in [1.807, 2.05) is 0 Å². The monoisotopic (exact) mass is 513 g/mol. The van der Waals surface area contributed by atoms with Crippen molar-refractivity contribution in [2.45, 2.75) is 79.6 Å². The summed E-state index contributed by atoms with van der Waals surface area (Å²) in [5, 5.41) is 1.05. The predicted molar refractivity (Wildman–Crippen MR) is 71.0 cm³/mol. The molecule has 0 bridgehead atoms. The van der Waals surface area contributed by atoms with Crippen LogP contribution in [0.25, 0.3) is 0 Å². The summed E-state index contributed by atoms with van der Waals surface area (Å²) in [5.74, 6) is -59.1. The van der Waals surface area contributed by atoms with Gasteiger partial charge in [-0.25, -0.2) is 8.78 Å². The molecular weight excluding hydrogens is 502 g/mol. The SMILES string of the molecule is O=C(NC1CCCC1)C(F)(F)C(F)(F)C(F)(F)C(F)(F)C(F)(F)C(F)(F)C(F)(F)C(F)F. The van der Waals surface area contributed by atoms with Gasteiger partial charge in [0.15, 0.2) is 0 Å². The highest BCUT2D eigenvalue weighted by Gasteiger charge is 2.94. The van der Waals surface area contributed by atoms with Crippen LogP contribution >= 0.6 is 0 Å². The number of hydrogen-bond donors (Lipinski definition) is 1. The first-order valence-corrected chi connectivity index (χ1v) is 8.18. The molecule has 0 aromatic heterocycles. The van der Waals surface area contributed by atoms with Gasteiger partial charge in [-0.15, -0.1) is 0 Å². The number of nitrogens with one attached hydrogen (secondary N) is 1. The van der Waals surface area contributed by atoms with E-state index in [4.69, 9.17) is 0 Å². The van der Waals surface area contributed by atoms with Gasteiger partial charge < -0.3 is 5.32 Å². The Morgan fingerprint density at radius 1 is 0.625 bits per heavy atom. The van der Waals surface area contributed by atoms with Gasteiger partial charge in [0.1, 0.15) is 0 Å². The van der Waals surface area contributed by atoms with E-state index in [1.165, 1.54) is 0 Å². The van der Waals surface area contributed by atoms with Gasteiger partial charge in [0, 0.05) is 6.04 Å². The van der Waals surface area contributed by atoms with Crippen molar-refractivity contribution in [1.82, 2.24) is 5.32 Å². The molecule has 0 heterocycles. The molecule has 18 heteroatoms. The van der Waals surface area contributed by atoms with E-state index < -0.39 is 59.8 Å². The van der Waals surface area contributed by atoms with E-state index in [0.29, 0.717) is 0 Å². The normalized spacial score (nSPS) is 18.4. The summed E-state index contributed by atoms with van der Waals surface area (Å²) < 4.78 is 210. The molecule has 1 saturated carbocycles. The molecule has 0 aromatic rings. The maximum Gasteiger partial charge on any atom is 0.392 e. The first-order chi connectivity index (χ1) is 13.9. The van der Waals surface area contributed by atoms with Crippen molar-refractivity contribution in [3.05, 3.63) is 0 Å². The maximum atomic E-state index is 13.6. The van der Waals surface area contributed by atoms with Gasteiger partial charge in [-0.05, 0) is 12.8 Å². The highest BCUT2D eigenvalue weighted by atomic mass is 19.4. The standard InChI is InChI=1S/C14H11F16NO/c15-6(16)8(17,18)10(21,22)12(25,26)14(29,30)13(27,28)11(23,24)9(19,20)7(32)31-5-3-1-2-4-5/h5-6H,1-4H2,(H,31,32). The maximum absolute atomic E-state index is 13.6. The fourth-order valence-corrected chi connectivity index (χ4v) is 2.62. The third-order valence-electron chi connectivity index (χ3n) is 4.64. The smallest absolute Gasteiger partial charge is 0.348 e. The van der Waals surface area contributed by atoms with Crippen LogP contribution in [0.2, 0.25) is 0 Å². The minimum Gasteiger partial charge on any atom is -0.348 e. The van der Waals surface area contributed by atoms with E-state index in [1.54, 1.807) is 0 Å². The molecule has 0 atom stereocenters.